The second-order valence-electron chi connectivity index (χ2n) is 7.35. The first-order valence-corrected chi connectivity index (χ1v) is 9.58. The lowest BCUT2D eigenvalue weighted by molar-refractivity contribution is -0.131. The maximum Gasteiger partial charge on any atom is 0.231 e. The summed E-state index contributed by atoms with van der Waals surface area (Å²) in [5.74, 6) is 0.124. The summed E-state index contributed by atoms with van der Waals surface area (Å²) in [6.45, 7) is 7.61. The van der Waals surface area contributed by atoms with Crippen molar-refractivity contribution in [2.45, 2.75) is 51.5 Å². The lowest BCUT2D eigenvalue weighted by Crippen LogP contribution is -2.49. The molecule has 1 atom stereocenters. The molecular formula is C23H29NO2. The van der Waals surface area contributed by atoms with Gasteiger partial charge in [0.2, 0.25) is 5.91 Å². The summed E-state index contributed by atoms with van der Waals surface area (Å²) in [5, 5.41) is 3.36. The van der Waals surface area contributed by atoms with Crippen molar-refractivity contribution in [2.24, 2.45) is 0 Å². The molecule has 3 nitrogen and oxygen atoms in total. The number of hydrogen-bond acceptors (Lipinski definition) is 2. The number of aryl methyl sites for hydroxylation is 2. The van der Waals surface area contributed by atoms with Crippen LogP contribution in [0.15, 0.2) is 48.5 Å². The molecule has 0 aliphatic carbocycles. The maximum absolute atomic E-state index is 13.5. The maximum atomic E-state index is 13.5. The van der Waals surface area contributed by atoms with Crippen LogP contribution in [0.3, 0.4) is 0 Å². The summed E-state index contributed by atoms with van der Waals surface area (Å²) in [7, 11) is 0. The summed E-state index contributed by atoms with van der Waals surface area (Å²) >= 11 is 0. The summed E-state index contributed by atoms with van der Waals surface area (Å²) in [6.07, 6.45) is 2.33. The van der Waals surface area contributed by atoms with Crippen LogP contribution in [0.2, 0.25) is 0 Å². The molecular weight excluding hydrogens is 322 g/mol. The highest BCUT2D eigenvalue weighted by molar-refractivity contribution is 5.88. The van der Waals surface area contributed by atoms with Gasteiger partial charge in [0.05, 0.1) is 11.5 Å². The minimum atomic E-state index is -0.495. The van der Waals surface area contributed by atoms with Crippen molar-refractivity contribution in [3.63, 3.8) is 0 Å². The van der Waals surface area contributed by atoms with Crippen LogP contribution in [0.25, 0.3) is 0 Å². The molecule has 2 aromatic carbocycles. The number of benzene rings is 2. The van der Waals surface area contributed by atoms with Gasteiger partial charge in [-0.25, -0.2) is 0 Å². The van der Waals surface area contributed by atoms with Gasteiger partial charge in [0.25, 0.3) is 0 Å². The van der Waals surface area contributed by atoms with Crippen molar-refractivity contribution in [1.82, 2.24) is 5.32 Å². The van der Waals surface area contributed by atoms with Gasteiger partial charge in [-0.1, -0.05) is 61.0 Å². The molecule has 2 aromatic rings. The Hall–Kier alpha value is -2.13. The molecule has 3 heteroatoms. The molecule has 0 spiro atoms. The van der Waals surface area contributed by atoms with Crippen LogP contribution in [-0.2, 0) is 14.9 Å². The van der Waals surface area contributed by atoms with Crippen LogP contribution >= 0.6 is 0 Å². The minimum absolute atomic E-state index is 0.0338. The van der Waals surface area contributed by atoms with Gasteiger partial charge < -0.3 is 10.1 Å². The predicted octanol–water partition coefficient (Wildman–Crippen LogP) is 4.62. The van der Waals surface area contributed by atoms with Crippen LogP contribution in [0.4, 0.5) is 0 Å². The number of carbonyl (C=O) groups excluding carboxylic acids is 1. The Bertz CT molecular complexity index is 748. The first kappa shape index (κ1) is 18.7. The molecule has 0 unspecified atom stereocenters. The van der Waals surface area contributed by atoms with Crippen molar-refractivity contribution >= 4 is 5.91 Å². The topological polar surface area (TPSA) is 38.3 Å². The molecule has 0 bridgehead atoms. The molecule has 1 aliphatic heterocycles. The van der Waals surface area contributed by atoms with Gasteiger partial charge in [-0.2, -0.15) is 0 Å². The van der Waals surface area contributed by atoms with E-state index in [4.69, 9.17) is 4.74 Å². The molecule has 1 heterocycles. The zero-order chi connectivity index (χ0) is 18.6. The number of hydrogen-bond donors (Lipinski definition) is 1. The van der Waals surface area contributed by atoms with Crippen molar-refractivity contribution in [1.29, 1.82) is 0 Å². The molecule has 1 amide bonds. The van der Waals surface area contributed by atoms with E-state index < -0.39 is 5.41 Å². The van der Waals surface area contributed by atoms with Gasteiger partial charge in [-0.3, -0.25) is 4.79 Å². The van der Waals surface area contributed by atoms with Crippen molar-refractivity contribution in [3.8, 4) is 0 Å². The summed E-state index contributed by atoms with van der Waals surface area (Å²) in [5.41, 5.74) is 4.29. The molecule has 26 heavy (non-hydrogen) atoms. The number of rotatable bonds is 5. The number of amides is 1. The largest absolute Gasteiger partial charge is 0.381 e. The minimum Gasteiger partial charge on any atom is -0.381 e. The number of ether oxygens (including phenoxy) is 1. The van der Waals surface area contributed by atoms with Gasteiger partial charge >= 0.3 is 0 Å². The number of carbonyl (C=O) groups is 1. The highest BCUT2D eigenvalue weighted by atomic mass is 16.5. The van der Waals surface area contributed by atoms with E-state index in [0.29, 0.717) is 13.2 Å². The SMILES string of the molecule is CC[C@@H](NC(=O)C1(c2ccccc2)CCOCC1)c1ccc(C)cc1C. The third-order valence-corrected chi connectivity index (χ3v) is 5.62. The lowest BCUT2D eigenvalue weighted by atomic mass is 9.73. The molecule has 3 rings (SSSR count). The van der Waals surface area contributed by atoms with Crippen molar-refractivity contribution in [2.75, 3.05) is 13.2 Å². The first-order chi connectivity index (χ1) is 12.6. The van der Waals surface area contributed by atoms with E-state index in [0.717, 1.165) is 24.8 Å². The van der Waals surface area contributed by atoms with E-state index in [2.05, 4.69) is 56.4 Å². The fraction of sp³-hybridized carbons (Fsp3) is 0.435. The highest BCUT2D eigenvalue weighted by Gasteiger charge is 2.42. The normalized spacial score (nSPS) is 17.5. The van der Waals surface area contributed by atoms with Gasteiger partial charge in [0.15, 0.2) is 0 Å². The molecule has 0 aromatic heterocycles. The van der Waals surface area contributed by atoms with Gasteiger partial charge in [-0.15, -0.1) is 0 Å². The molecule has 138 valence electrons. The highest BCUT2D eigenvalue weighted by Crippen LogP contribution is 2.36. The lowest BCUT2D eigenvalue weighted by Gasteiger charge is -2.37. The van der Waals surface area contributed by atoms with Gasteiger partial charge in [-0.05, 0) is 49.8 Å². The van der Waals surface area contributed by atoms with Crippen LogP contribution in [0, 0.1) is 13.8 Å². The molecule has 1 fully saturated rings. The molecule has 1 N–H and O–H groups in total. The molecule has 1 saturated heterocycles. The zero-order valence-electron chi connectivity index (χ0n) is 16.0. The molecule has 0 radical (unpaired) electrons. The van der Waals surface area contributed by atoms with Crippen LogP contribution in [-0.4, -0.2) is 19.1 Å². The standard InChI is InChI=1S/C23H29NO2/c1-4-21(20-11-10-17(2)16-18(20)3)24-22(25)23(12-14-26-15-13-23)19-8-6-5-7-9-19/h5-11,16,21H,4,12-15H2,1-3H3,(H,24,25)/t21-/m1/s1. The van der Waals surface area contributed by atoms with Crippen molar-refractivity contribution < 1.29 is 9.53 Å². The van der Waals surface area contributed by atoms with E-state index in [-0.39, 0.29) is 11.9 Å². The molecule has 1 aliphatic rings. The van der Waals surface area contributed by atoms with Gasteiger partial charge in [0, 0.05) is 13.2 Å². The smallest absolute Gasteiger partial charge is 0.231 e. The van der Waals surface area contributed by atoms with E-state index in [1.807, 2.05) is 18.2 Å². The average molecular weight is 351 g/mol. The Morgan fingerprint density at radius 2 is 1.81 bits per heavy atom. The Morgan fingerprint density at radius 3 is 2.42 bits per heavy atom. The Labute approximate surface area is 156 Å². The summed E-state index contributed by atoms with van der Waals surface area (Å²) < 4.78 is 5.56. The molecule has 0 saturated carbocycles. The fourth-order valence-corrected chi connectivity index (χ4v) is 4.04. The van der Waals surface area contributed by atoms with Crippen LogP contribution in [0.1, 0.15) is 54.5 Å². The van der Waals surface area contributed by atoms with E-state index >= 15 is 0 Å². The quantitative estimate of drug-likeness (QED) is 0.854. The van der Waals surface area contributed by atoms with E-state index in [1.165, 1.54) is 16.7 Å². The zero-order valence-corrected chi connectivity index (χ0v) is 16.0. The second-order valence-corrected chi connectivity index (χ2v) is 7.35. The van der Waals surface area contributed by atoms with E-state index in [1.54, 1.807) is 0 Å². The third kappa shape index (κ3) is 3.68. The van der Waals surface area contributed by atoms with E-state index in [9.17, 15) is 4.79 Å². The Kier molecular flexibility index (Phi) is 5.77. The summed E-state index contributed by atoms with van der Waals surface area (Å²) in [4.78, 5) is 13.5. The predicted molar refractivity (Wildman–Crippen MR) is 105 cm³/mol. The Balaban J connectivity index is 1.89. The fourth-order valence-electron chi connectivity index (χ4n) is 4.04. The summed E-state index contributed by atoms with van der Waals surface area (Å²) in [6, 6.07) is 16.7. The second kappa shape index (κ2) is 8.05. The van der Waals surface area contributed by atoms with Crippen LogP contribution in [0.5, 0.6) is 0 Å². The van der Waals surface area contributed by atoms with Gasteiger partial charge in [0.1, 0.15) is 0 Å². The van der Waals surface area contributed by atoms with Crippen molar-refractivity contribution in [3.05, 3.63) is 70.8 Å². The average Bonchev–Trinajstić information content (AvgIpc) is 2.67. The number of nitrogens with one attached hydrogen (secondary N) is 1. The first-order valence-electron chi connectivity index (χ1n) is 9.58. The Morgan fingerprint density at radius 1 is 1.12 bits per heavy atom. The third-order valence-electron chi connectivity index (χ3n) is 5.62. The monoisotopic (exact) mass is 351 g/mol. The van der Waals surface area contributed by atoms with Crippen LogP contribution < -0.4 is 5.32 Å².